The van der Waals surface area contributed by atoms with Gasteiger partial charge in [-0.2, -0.15) is 0 Å². The standard InChI is InChI=1S/C35H42N2O5/c1-35(2,3)42-32(38)16-15-25-21-26(17-19-37-33(39)29-12-7-8-13-30(29)34(37)40)23-27(22-25)24-28-11-6-9-14-31(28)41-20-10-18-36(4)5/h6-9,11-14,21-23H,10,15-20,24H2,1-5H3. The van der Waals surface area contributed by atoms with Crippen LogP contribution in [0.2, 0.25) is 0 Å². The molecule has 0 spiro atoms. The molecule has 0 aliphatic carbocycles. The van der Waals surface area contributed by atoms with Crippen LogP contribution >= 0.6 is 0 Å². The molecule has 3 aromatic rings. The second-order valence-electron chi connectivity index (χ2n) is 12.1. The Kier molecular flexibility index (Phi) is 10.2. The van der Waals surface area contributed by atoms with Gasteiger partial charge in [-0.25, -0.2) is 0 Å². The van der Waals surface area contributed by atoms with Gasteiger partial charge in [0.25, 0.3) is 11.8 Å². The van der Waals surface area contributed by atoms with Gasteiger partial charge in [0.15, 0.2) is 0 Å². The maximum absolute atomic E-state index is 12.9. The Balaban J connectivity index is 1.52. The number of rotatable bonds is 13. The summed E-state index contributed by atoms with van der Waals surface area (Å²) in [4.78, 5) is 41.8. The molecule has 0 saturated carbocycles. The summed E-state index contributed by atoms with van der Waals surface area (Å²) in [7, 11) is 4.10. The fraction of sp³-hybridized carbons (Fsp3) is 0.400. The lowest BCUT2D eigenvalue weighted by Crippen LogP contribution is -2.31. The molecule has 0 atom stereocenters. The highest BCUT2D eigenvalue weighted by atomic mass is 16.6. The van der Waals surface area contributed by atoms with Crippen LogP contribution in [0.1, 0.15) is 76.6 Å². The molecule has 1 aliphatic heterocycles. The van der Waals surface area contributed by atoms with E-state index >= 15 is 0 Å². The molecule has 0 unspecified atom stereocenters. The third-order valence-electron chi connectivity index (χ3n) is 7.03. The van der Waals surface area contributed by atoms with Crippen molar-refractivity contribution in [2.24, 2.45) is 0 Å². The van der Waals surface area contributed by atoms with Gasteiger partial charge < -0.3 is 14.4 Å². The normalized spacial score (nSPS) is 13.0. The highest BCUT2D eigenvalue weighted by molar-refractivity contribution is 6.21. The molecule has 0 bridgehead atoms. The molecule has 0 radical (unpaired) electrons. The van der Waals surface area contributed by atoms with Gasteiger partial charge in [-0.1, -0.05) is 48.5 Å². The van der Waals surface area contributed by atoms with Gasteiger partial charge in [-0.05, 0) is 94.6 Å². The minimum atomic E-state index is -0.535. The molecule has 0 N–H and O–H groups in total. The minimum Gasteiger partial charge on any atom is -0.493 e. The van der Waals surface area contributed by atoms with Gasteiger partial charge >= 0.3 is 5.97 Å². The molecule has 1 aliphatic rings. The predicted molar refractivity (Wildman–Crippen MR) is 164 cm³/mol. The number of carbonyl (C=O) groups is 3. The zero-order chi connectivity index (χ0) is 30.3. The lowest BCUT2D eigenvalue weighted by molar-refractivity contribution is -0.154. The second-order valence-corrected chi connectivity index (χ2v) is 12.1. The van der Waals surface area contributed by atoms with E-state index in [1.54, 1.807) is 24.3 Å². The first-order valence-electron chi connectivity index (χ1n) is 14.6. The van der Waals surface area contributed by atoms with Crippen LogP contribution in [0.4, 0.5) is 0 Å². The Morgan fingerprint density at radius 2 is 1.43 bits per heavy atom. The lowest BCUT2D eigenvalue weighted by atomic mass is 9.96. The van der Waals surface area contributed by atoms with Crippen LogP contribution < -0.4 is 4.74 Å². The Morgan fingerprint density at radius 3 is 2.07 bits per heavy atom. The van der Waals surface area contributed by atoms with E-state index in [4.69, 9.17) is 9.47 Å². The summed E-state index contributed by atoms with van der Waals surface area (Å²) in [6, 6.07) is 21.3. The van der Waals surface area contributed by atoms with E-state index in [2.05, 4.69) is 43.3 Å². The zero-order valence-corrected chi connectivity index (χ0v) is 25.4. The third kappa shape index (κ3) is 8.52. The van der Waals surface area contributed by atoms with Crippen molar-refractivity contribution < 1.29 is 23.9 Å². The van der Waals surface area contributed by atoms with Crippen molar-refractivity contribution >= 4 is 17.8 Å². The minimum absolute atomic E-state index is 0.239. The molecule has 0 aromatic heterocycles. The molecular formula is C35H42N2O5. The average molecular weight is 571 g/mol. The molecule has 4 rings (SSSR count). The van der Waals surface area contributed by atoms with Crippen LogP contribution in [0, 0.1) is 0 Å². The van der Waals surface area contributed by atoms with Crippen molar-refractivity contribution in [3.63, 3.8) is 0 Å². The number of ether oxygens (including phenoxy) is 2. The number of esters is 1. The van der Waals surface area contributed by atoms with Gasteiger partial charge in [0, 0.05) is 25.9 Å². The van der Waals surface area contributed by atoms with E-state index in [0.29, 0.717) is 37.0 Å². The summed E-state index contributed by atoms with van der Waals surface area (Å²) in [5, 5.41) is 0. The van der Waals surface area contributed by atoms with Crippen LogP contribution in [0.3, 0.4) is 0 Å². The molecule has 0 saturated heterocycles. The number of fused-ring (bicyclic) bond motifs is 1. The number of nitrogens with zero attached hydrogens (tertiary/aromatic N) is 2. The largest absolute Gasteiger partial charge is 0.493 e. The number of carbonyl (C=O) groups excluding carboxylic acids is 3. The topological polar surface area (TPSA) is 76.2 Å². The number of benzene rings is 3. The SMILES string of the molecule is CN(C)CCCOc1ccccc1Cc1cc(CCC(=O)OC(C)(C)C)cc(CCN2C(=O)c3ccccc3C2=O)c1. The van der Waals surface area contributed by atoms with E-state index < -0.39 is 5.60 Å². The highest BCUT2D eigenvalue weighted by Gasteiger charge is 2.34. The van der Waals surface area contributed by atoms with Crippen molar-refractivity contribution in [3.05, 3.63) is 100 Å². The maximum atomic E-state index is 12.9. The third-order valence-corrected chi connectivity index (χ3v) is 7.03. The molecule has 7 heteroatoms. The Bertz CT molecular complexity index is 1390. The van der Waals surface area contributed by atoms with Gasteiger partial charge in [-0.3, -0.25) is 19.3 Å². The first-order valence-corrected chi connectivity index (χ1v) is 14.6. The van der Waals surface area contributed by atoms with E-state index in [0.717, 1.165) is 41.0 Å². The van der Waals surface area contributed by atoms with E-state index in [9.17, 15) is 14.4 Å². The number of hydrogen-bond donors (Lipinski definition) is 0. The number of amides is 2. The van der Waals surface area contributed by atoms with Crippen molar-refractivity contribution in [2.75, 3.05) is 33.8 Å². The van der Waals surface area contributed by atoms with E-state index in [1.807, 2.05) is 39.0 Å². The van der Waals surface area contributed by atoms with Crippen LogP contribution in [-0.4, -0.2) is 67.0 Å². The van der Waals surface area contributed by atoms with Gasteiger partial charge in [0.05, 0.1) is 17.7 Å². The number of para-hydroxylation sites is 1. The number of hydrogen-bond acceptors (Lipinski definition) is 6. The summed E-state index contributed by atoms with van der Waals surface area (Å²) in [5.74, 6) is 0.120. The molecule has 42 heavy (non-hydrogen) atoms. The predicted octanol–water partition coefficient (Wildman–Crippen LogP) is 5.72. The smallest absolute Gasteiger partial charge is 0.306 e. The molecule has 7 nitrogen and oxygen atoms in total. The Labute approximate surface area is 249 Å². The Hall–Kier alpha value is -3.97. The zero-order valence-electron chi connectivity index (χ0n) is 25.4. The van der Waals surface area contributed by atoms with E-state index in [-0.39, 0.29) is 30.7 Å². The quantitative estimate of drug-likeness (QED) is 0.149. The van der Waals surface area contributed by atoms with Gasteiger partial charge in [-0.15, -0.1) is 0 Å². The molecule has 0 fully saturated rings. The van der Waals surface area contributed by atoms with Crippen LogP contribution in [0.25, 0.3) is 0 Å². The maximum Gasteiger partial charge on any atom is 0.306 e. The van der Waals surface area contributed by atoms with Gasteiger partial charge in [0.1, 0.15) is 11.4 Å². The van der Waals surface area contributed by atoms with Crippen molar-refractivity contribution in [2.45, 2.75) is 58.5 Å². The van der Waals surface area contributed by atoms with Crippen LogP contribution in [0.5, 0.6) is 5.75 Å². The summed E-state index contributed by atoms with van der Waals surface area (Å²) in [6.07, 6.45) is 2.91. The van der Waals surface area contributed by atoms with Crippen molar-refractivity contribution in [1.29, 1.82) is 0 Å². The number of aryl methyl sites for hydroxylation is 1. The average Bonchev–Trinajstić information content (AvgIpc) is 3.17. The second kappa shape index (κ2) is 13.8. The van der Waals surface area contributed by atoms with Gasteiger partial charge in [0.2, 0.25) is 0 Å². The summed E-state index contributed by atoms with van der Waals surface area (Å²) in [6.45, 7) is 7.47. The number of imide groups is 1. The van der Waals surface area contributed by atoms with Crippen molar-refractivity contribution in [3.8, 4) is 5.75 Å². The summed E-state index contributed by atoms with van der Waals surface area (Å²) < 4.78 is 11.7. The van der Waals surface area contributed by atoms with E-state index in [1.165, 1.54) is 4.90 Å². The molecule has 2 amide bonds. The fourth-order valence-corrected chi connectivity index (χ4v) is 5.13. The molecule has 222 valence electrons. The highest BCUT2D eigenvalue weighted by Crippen LogP contribution is 2.26. The Morgan fingerprint density at radius 1 is 0.833 bits per heavy atom. The summed E-state index contributed by atoms with van der Waals surface area (Å²) >= 11 is 0. The molecule has 3 aromatic carbocycles. The van der Waals surface area contributed by atoms with Crippen LogP contribution in [-0.2, 0) is 28.8 Å². The lowest BCUT2D eigenvalue weighted by Gasteiger charge is -2.19. The first kappa shape index (κ1) is 31.0. The first-order chi connectivity index (χ1) is 20.0. The van der Waals surface area contributed by atoms with Crippen LogP contribution in [0.15, 0.2) is 66.7 Å². The summed E-state index contributed by atoms with van der Waals surface area (Å²) in [5.41, 5.74) is 4.56. The molecular weight excluding hydrogens is 528 g/mol. The van der Waals surface area contributed by atoms with Crippen molar-refractivity contribution in [1.82, 2.24) is 9.80 Å². The fourth-order valence-electron chi connectivity index (χ4n) is 5.13. The molecule has 1 heterocycles. The monoisotopic (exact) mass is 570 g/mol.